The zero-order valence-electron chi connectivity index (χ0n) is 19.0. The third-order valence-electron chi connectivity index (χ3n) is 6.28. The standard InChI is InChI=1S/C28H29N3O2/c1-2-33-24-12-8-11-22(19-24)23-13-15-26-29-28(21-9-4-3-5-10-21)25(31(26)20-23)14-16-27(32)30-17-6-7-18-30/h3-5,8-13,15,19-20H,2,6-7,14,16-18H2,1H3. The molecule has 0 bridgehead atoms. The third-order valence-corrected chi connectivity index (χ3v) is 6.28. The minimum Gasteiger partial charge on any atom is -0.494 e. The van der Waals surface area contributed by atoms with Gasteiger partial charge in [0, 0.05) is 31.3 Å². The molecule has 2 aromatic carbocycles. The van der Waals surface area contributed by atoms with E-state index in [2.05, 4.69) is 47.0 Å². The van der Waals surface area contributed by atoms with Crippen molar-refractivity contribution in [3.8, 4) is 28.1 Å². The Kier molecular flexibility index (Phi) is 6.11. The van der Waals surface area contributed by atoms with Crippen LogP contribution in [-0.4, -0.2) is 39.9 Å². The lowest BCUT2D eigenvalue weighted by Gasteiger charge is -2.15. The molecule has 4 aromatic rings. The normalized spacial score (nSPS) is 13.5. The number of rotatable bonds is 7. The number of fused-ring (bicyclic) bond motifs is 1. The van der Waals surface area contributed by atoms with Crippen LogP contribution in [0.1, 0.15) is 31.9 Å². The van der Waals surface area contributed by atoms with E-state index >= 15 is 0 Å². The fourth-order valence-electron chi connectivity index (χ4n) is 4.61. The van der Waals surface area contributed by atoms with Gasteiger partial charge in [-0.25, -0.2) is 4.98 Å². The molecule has 0 saturated carbocycles. The number of hydrogen-bond acceptors (Lipinski definition) is 3. The van der Waals surface area contributed by atoms with Crippen LogP contribution < -0.4 is 4.74 Å². The first-order valence-electron chi connectivity index (χ1n) is 11.8. The highest BCUT2D eigenvalue weighted by molar-refractivity contribution is 5.77. The molecule has 0 radical (unpaired) electrons. The predicted molar refractivity (Wildman–Crippen MR) is 131 cm³/mol. The van der Waals surface area contributed by atoms with Crippen LogP contribution in [0.2, 0.25) is 0 Å². The van der Waals surface area contributed by atoms with Crippen molar-refractivity contribution in [3.05, 3.63) is 78.6 Å². The van der Waals surface area contributed by atoms with Crippen molar-refractivity contribution in [3.63, 3.8) is 0 Å². The summed E-state index contributed by atoms with van der Waals surface area (Å²) in [6.45, 7) is 4.40. The Bertz CT molecular complexity index is 1260. The molecule has 1 saturated heterocycles. The van der Waals surface area contributed by atoms with Crippen LogP contribution in [0.3, 0.4) is 0 Å². The SMILES string of the molecule is CCOc1cccc(-c2ccc3nc(-c4ccccc4)c(CCC(=O)N4CCCC4)n3c2)c1. The van der Waals surface area contributed by atoms with Gasteiger partial charge in [-0.1, -0.05) is 42.5 Å². The smallest absolute Gasteiger partial charge is 0.222 e. The van der Waals surface area contributed by atoms with Gasteiger partial charge in [0.1, 0.15) is 11.4 Å². The molecule has 0 spiro atoms. The first-order chi connectivity index (χ1) is 16.2. The molecule has 1 fully saturated rings. The summed E-state index contributed by atoms with van der Waals surface area (Å²) >= 11 is 0. The van der Waals surface area contributed by atoms with E-state index in [4.69, 9.17) is 9.72 Å². The van der Waals surface area contributed by atoms with Crippen LogP contribution in [0.4, 0.5) is 0 Å². The summed E-state index contributed by atoms with van der Waals surface area (Å²) in [5, 5.41) is 0. The molecule has 33 heavy (non-hydrogen) atoms. The Balaban J connectivity index is 1.54. The summed E-state index contributed by atoms with van der Waals surface area (Å²) < 4.78 is 7.85. The molecule has 1 amide bonds. The van der Waals surface area contributed by atoms with Crippen LogP contribution in [-0.2, 0) is 11.2 Å². The molecular weight excluding hydrogens is 410 g/mol. The van der Waals surface area contributed by atoms with Gasteiger partial charge in [0.25, 0.3) is 0 Å². The monoisotopic (exact) mass is 439 g/mol. The van der Waals surface area contributed by atoms with E-state index in [1.807, 2.05) is 42.2 Å². The average Bonchev–Trinajstić information content (AvgIpc) is 3.52. The highest BCUT2D eigenvalue weighted by Crippen LogP contribution is 2.29. The molecule has 5 rings (SSSR count). The number of carbonyl (C=O) groups excluding carboxylic acids is 1. The van der Waals surface area contributed by atoms with E-state index in [1.54, 1.807) is 0 Å². The molecule has 1 aliphatic rings. The molecule has 5 heteroatoms. The summed E-state index contributed by atoms with van der Waals surface area (Å²) in [4.78, 5) is 19.7. The van der Waals surface area contributed by atoms with E-state index in [9.17, 15) is 4.79 Å². The molecule has 168 valence electrons. The Morgan fingerprint density at radius 1 is 0.939 bits per heavy atom. The van der Waals surface area contributed by atoms with Gasteiger partial charge in [-0.05, 0) is 61.6 Å². The second-order valence-electron chi connectivity index (χ2n) is 8.47. The Morgan fingerprint density at radius 2 is 1.73 bits per heavy atom. The molecule has 0 aliphatic carbocycles. The number of benzene rings is 2. The lowest BCUT2D eigenvalue weighted by atomic mass is 10.1. The minimum atomic E-state index is 0.238. The van der Waals surface area contributed by atoms with E-state index in [1.165, 1.54) is 0 Å². The fraction of sp³-hybridized carbons (Fsp3) is 0.286. The summed E-state index contributed by atoms with van der Waals surface area (Å²) in [6, 6.07) is 22.6. The van der Waals surface area contributed by atoms with Crippen molar-refractivity contribution in [1.82, 2.24) is 14.3 Å². The van der Waals surface area contributed by atoms with Crippen molar-refractivity contribution in [2.24, 2.45) is 0 Å². The Hall–Kier alpha value is -3.60. The molecular formula is C28H29N3O2. The van der Waals surface area contributed by atoms with Crippen LogP contribution in [0.15, 0.2) is 72.9 Å². The molecule has 0 atom stereocenters. The third kappa shape index (κ3) is 4.49. The molecule has 1 aliphatic heterocycles. The largest absolute Gasteiger partial charge is 0.494 e. The van der Waals surface area contributed by atoms with Crippen molar-refractivity contribution < 1.29 is 9.53 Å². The summed E-state index contributed by atoms with van der Waals surface area (Å²) in [6.07, 6.45) is 5.51. The van der Waals surface area contributed by atoms with E-state index in [-0.39, 0.29) is 5.91 Å². The van der Waals surface area contributed by atoms with Crippen molar-refractivity contribution in [1.29, 1.82) is 0 Å². The van der Waals surface area contributed by atoms with Crippen molar-refractivity contribution in [2.75, 3.05) is 19.7 Å². The van der Waals surface area contributed by atoms with Gasteiger partial charge >= 0.3 is 0 Å². The molecule has 3 heterocycles. The van der Waals surface area contributed by atoms with Gasteiger partial charge < -0.3 is 14.0 Å². The number of nitrogens with zero attached hydrogens (tertiary/aromatic N) is 3. The topological polar surface area (TPSA) is 46.8 Å². The van der Waals surface area contributed by atoms with Crippen LogP contribution >= 0.6 is 0 Å². The minimum absolute atomic E-state index is 0.238. The maximum Gasteiger partial charge on any atom is 0.222 e. The van der Waals surface area contributed by atoms with Gasteiger partial charge in [-0.3, -0.25) is 4.79 Å². The van der Waals surface area contributed by atoms with Gasteiger partial charge in [-0.15, -0.1) is 0 Å². The Labute approximate surface area is 194 Å². The lowest BCUT2D eigenvalue weighted by Crippen LogP contribution is -2.27. The summed E-state index contributed by atoms with van der Waals surface area (Å²) in [5.41, 5.74) is 6.17. The number of imidazole rings is 1. The maximum absolute atomic E-state index is 12.8. The number of hydrogen-bond donors (Lipinski definition) is 0. The van der Waals surface area contributed by atoms with Crippen molar-refractivity contribution in [2.45, 2.75) is 32.6 Å². The summed E-state index contributed by atoms with van der Waals surface area (Å²) in [7, 11) is 0. The average molecular weight is 440 g/mol. The number of ether oxygens (including phenoxy) is 1. The molecule has 0 unspecified atom stereocenters. The number of pyridine rings is 1. The molecule has 5 nitrogen and oxygen atoms in total. The second kappa shape index (κ2) is 9.49. The van der Waals surface area contributed by atoms with E-state index < -0.39 is 0 Å². The van der Waals surface area contributed by atoms with E-state index in [0.29, 0.717) is 19.4 Å². The predicted octanol–water partition coefficient (Wildman–Crippen LogP) is 5.62. The highest BCUT2D eigenvalue weighted by atomic mass is 16.5. The van der Waals surface area contributed by atoms with Gasteiger partial charge in [0.15, 0.2) is 0 Å². The number of aromatic nitrogens is 2. The molecule has 2 aromatic heterocycles. The Morgan fingerprint density at radius 3 is 2.52 bits per heavy atom. The lowest BCUT2D eigenvalue weighted by molar-refractivity contribution is -0.130. The zero-order chi connectivity index (χ0) is 22.6. The number of aryl methyl sites for hydroxylation is 1. The first kappa shape index (κ1) is 21.3. The molecule has 0 N–H and O–H groups in total. The van der Waals surface area contributed by atoms with Gasteiger partial charge in [-0.2, -0.15) is 0 Å². The van der Waals surface area contributed by atoms with E-state index in [0.717, 1.165) is 65.4 Å². The van der Waals surface area contributed by atoms with Crippen molar-refractivity contribution >= 4 is 11.6 Å². The quantitative estimate of drug-likeness (QED) is 0.375. The zero-order valence-corrected chi connectivity index (χ0v) is 19.0. The highest BCUT2D eigenvalue weighted by Gasteiger charge is 2.20. The number of amides is 1. The number of likely N-dealkylation sites (tertiary alicyclic amines) is 1. The maximum atomic E-state index is 12.8. The van der Waals surface area contributed by atoms with Gasteiger partial charge in [0.05, 0.1) is 18.0 Å². The first-order valence-corrected chi connectivity index (χ1v) is 11.8. The van der Waals surface area contributed by atoms with Crippen LogP contribution in [0.25, 0.3) is 28.0 Å². The summed E-state index contributed by atoms with van der Waals surface area (Å²) in [5.74, 6) is 1.10. The second-order valence-corrected chi connectivity index (χ2v) is 8.47. The van der Waals surface area contributed by atoms with Crippen LogP contribution in [0, 0.1) is 0 Å². The van der Waals surface area contributed by atoms with Crippen LogP contribution in [0.5, 0.6) is 5.75 Å². The number of carbonyl (C=O) groups is 1. The fourth-order valence-corrected chi connectivity index (χ4v) is 4.61. The van der Waals surface area contributed by atoms with Gasteiger partial charge in [0.2, 0.25) is 5.91 Å².